The molecular formula is C17H17N5O3S. The van der Waals surface area contributed by atoms with Crippen LogP contribution in [0.3, 0.4) is 0 Å². The summed E-state index contributed by atoms with van der Waals surface area (Å²) in [7, 11) is 0. The summed E-state index contributed by atoms with van der Waals surface area (Å²) < 4.78 is 0. The fourth-order valence-electron chi connectivity index (χ4n) is 2.41. The van der Waals surface area contributed by atoms with Crippen LogP contribution in [0, 0.1) is 5.92 Å². The number of carbonyl (C=O) groups is 2. The van der Waals surface area contributed by atoms with Gasteiger partial charge in [0.1, 0.15) is 5.82 Å². The Morgan fingerprint density at radius 3 is 2.73 bits per heavy atom. The number of para-hydroxylation sites is 1. The highest BCUT2D eigenvalue weighted by Crippen LogP contribution is 2.29. The van der Waals surface area contributed by atoms with E-state index in [0.717, 1.165) is 11.8 Å². The molecule has 1 aliphatic rings. The molecule has 3 rings (SSSR count). The number of aliphatic carboxylic acids is 1. The Morgan fingerprint density at radius 1 is 1.38 bits per heavy atom. The van der Waals surface area contributed by atoms with Crippen LogP contribution in [-0.2, 0) is 16.0 Å². The first-order valence-electron chi connectivity index (χ1n) is 7.98. The molecule has 2 heterocycles. The topological polar surface area (TPSA) is 112 Å². The van der Waals surface area contributed by atoms with E-state index in [1.165, 1.54) is 11.1 Å². The van der Waals surface area contributed by atoms with Gasteiger partial charge in [0.2, 0.25) is 5.16 Å². The number of anilines is 1. The van der Waals surface area contributed by atoms with E-state index >= 15 is 0 Å². The summed E-state index contributed by atoms with van der Waals surface area (Å²) in [5, 5.41) is 22.1. The van der Waals surface area contributed by atoms with E-state index in [-0.39, 0.29) is 10.8 Å². The standard InChI is InChI=1S/C17H17N5O3S/c1-3-14-18-17(20-19-14)26-13(16(24)25)9-12-10(2)21-22(15(12)23)11-7-5-4-6-8-11/h4-9,12H,3H2,1-2H3,(H,24,25)(H,18,19,20)/b13-9+/t12-/m0/s1. The number of amides is 1. The van der Waals surface area contributed by atoms with E-state index in [1.807, 2.05) is 25.1 Å². The molecule has 0 spiro atoms. The summed E-state index contributed by atoms with van der Waals surface area (Å²) >= 11 is 0.903. The number of carboxylic acid groups (broad SMARTS) is 1. The van der Waals surface area contributed by atoms with Crippen LogP contribution in [0.15, 0.2) is 51.6 Å². The van der Waals surface area contributed by atoms with E-state index in [0.29, 0.717) is 28.8 Å². The van der Waals surface area contributed by atoms with Gasteiger partial charge >= 0.3 is 5.97 Å². The van der Waals surface area contributed by atoms with Crippen molar-refractivity contribution < 1.29 is 14.7 Å². The maximum absolute atomic E-state index is 12.7. The van der Waals surface area contributed by atoms with Crippen molar-refractivity contribution in [2.24, 2.45) is 11.0 Å². The zero-order valence-electron chi connectivity index (χ0n) is 14.2. The lowest BCUT2D eigenvalue weighted by Crippen LogP contribution is -2.26. The van der Waals surface area contributed by atoms with E-state index < -0.39 is 11.9 Å². The van der Waals surface area contributed by atoms with Gasteiger partial charge in [0.25, 0.3) is 5.91 Å². The highest BCUT2D eigenvalue weighted by atomic mass is 32.2. The Bertz CT molecular complexity index is 891. The molecule has 0 saturated carbocycles. The minimum absolute atomic E-state index is 0.0190. The van der Waals surface area contributed by atoms with Crippen LogP contribution in [0.5, 0.6) is 0 Å². The molecule has 2 aromatic rings. The molecule has 26 heavy (non-hydrogen) atoms. The maximum atomic E-state index is 12.7. The van der Waals surface area contributed by atoms with Gasteiger partial charge in [-0.2, -0.15) is 10.1 Å². The summed E-state index contributed by atoms with van der Waals surface area (Å²) in [6.45, 7) is 3.62. The highest BCUT2D eigenvalue weighted by Gasteiger charge is 2.34. The monoisotopic (exact) mass is 371 g/mol. The normalized spacial score (nSPS) is 17.5. The number of carboxylic acids is 1. The number of thioether (sulfide) groups is 1. The number of H-pyrrole nitrogens is 1. The number of hydrogen-bond donors (Lipinski definition) is 2. The lowest BCUT2D eigenvalue weighted by Gasteiger charge is -2.12. The van der Waals surface area contributed by atoms with Gasteiger partial charge in [0, 0.05) is 6.42 Å². The number of benzene rings is 1. The Hall–Kier alpha value is -2.94. The molecule has 0 unspecified atom stereocenters. The van der Waals surface area contributed by atoms with Gasteiger partial charge in [-0.05, 0) is 36.9 Å². The quantitative estimate of drug-likeness (QED) is 0.596. The number of aromatic amines is 1. The van der Waals surface area contributed by atoms with Crippen LogP contribution in [-0.4, -0.2) is 37.9 Å². The van der Waals surface area contributed by atoms with Crippen molar-refractivity contribution in [3.63, 3.8) is 0 Å². The van der Waals surface area contributed by atoms with Crippen LogP contribution in [0.4, 0.5) is 5.69 Å². The molecule has 0 saturated heterocycles. The van der Waals surface area contributed by atoms with Crippen LogP contribution in [0.1, 0.15) is 19.7 Å². The van der Waals surface area contributed by atoms with E-state index in [2.05, 4.69) is 20.3 Å². The summed E-state index contributed by atoms with van der Waals surface area (Å²) in [6, 6.07) is 9.01. The second-order valence-electron chi connectivity index (χ2n) is 5.56. The molecule has 1 amide bonds. The Labute approximate surface area is 154 Å². The first-order chi connectivity index (χ1) is 12.5. The van der Waals surface area contributed by atoms with Crippen LogP contribution in [0.25, 0.3) is 0 Å². The second-order valence-corrected chi connectivity index (χ2v) is 6.57. The van der Waals surface area contributed by atoms with Crippen molar-refractivity contribution in [3.05, 3.63) is 47.1 Å². The SMILES string of the molecule is CCc1nc(S/C(=C/[C@@H]2C(=O)N(c3ccccc3)N=C2C)C(=O)O)n[nH]1. The Balaban J connectivity index is 1.85. The van der Waals surface area contributed by atoms with Crippen LogP contribution < -0.4 is 5.01 Å². The third kappa shape index (κ3) is 3.67. The fraction of sp³-hybridized carbons (Fsp3) is 0.235. The molecule has 1 aromatic heterocycles. The summed E-state index contributed by atoms with van der Waals surface area (Å²) in [6.07, 6.45) is 2.07. The van der Waals surface area contributed by atoms with Crippen molar-refractivity contribution in [2.75, 3.05) is 5.01 Å². The highest BCUT2D eigenvalue weighted by molar-refractivity contribution is 8.03. The lowest BCUT2D eigenvalue weighted by molar-refractivity contribution is -0.131. The fourth-order valence-corrected chi connectivity index (χ4v) is 3.14. The first-order valence-corrected chi connectivity index (χ1v) is 8.79. The number of carbonyl (C=O) groups excluding carboxylic acids is 1. The summed E-state index contributed by atoms with van der Waals surface area (Å²) in [5.74, 6) is -1.51. The van der Waals surface area contributed by atoms with E-state index in [1.54, 1.807) is 19.1 Å². The molecular weight excluding hydrogens is 354 g/mol. The number of aryl methyl sites for hydroxylation is 1. The number of aromatic nitrogens is 3. The first kappa shape index (κ1) is 17.9. The van der Waals surface area contributed by atoms with Gasteiger partial charge in [-0.25, -0.2) is 9.78 Å². The Kier molecular flexibility index (Phi) is 5.17. The van der Waals surface area contributed by atoms with Crippen molar-refractivity contribution in [1.82, 2.24) is 15.2 Å². The molecule has 1 atom stereocenters. The molecule has 8 nitrogen and oxygen atoms in total. The van der Waals surface area contributed by atoms with E-state index in [4.69, 9.17) is 0 Å². The number of hydrogen-bond acceptors (Lipinski definition) is 6. The molecule has 0 fully saturated rings. The van der Waals surface area contributed by atoms with Crippen molar-refractivity contribution in [3.8, 4) is 0 Å². The zero-order valence-corrected chi connectivity index (χ0v) is 15.0. The molecule has 0 radical (unpaired) electrons. The number of nitrogens with zero attached hydrogens (tertiary/aromatic N) is 4. The molecule has 0 aliphatic carbocycles. The lowest BCUT2D eigenvalue weighted by atomic mass is 10.0. The second kappa shape index (κ2) is 7.52. The number of rotatable bonds is 6. The average molecular weight is 371 g/mol. The van der Waals surface area contributed by atoms with Crippen LogP contribution >= 0.6 is 11.8 Å². The zero-order chi connectivity index (χ0) is 18.7. The predicted octanol–water partition coefficient (Wildman–Crippen LogP) is 2.47. The molecule has 1 aromatic carbocycles. The van der Waals surface area contributed by atoms with Gasteiger partial charge in [0.05, 0.1) is 22.2 Å². The predicted molar refractivity (Wildman–Crippen MR) is 97.9 cm³/mol. The molecule has 2 N–H and O–H groups in total. The minimum atomic E-state index is -1.14. The molecule has 0 bridgehead atoms. The average Bonchev–Trinajstić information content (AvgIpc) is 3.20. The van der Waals surface area contributed by atoms with Gasteiger partial charge in [-0.1, -0.05) is 25.1 Å². The third-order valence-electron chi connectivity index (χ3n) is 3.76. The smallest absolute Gasteiger partial charge is 0.342 e. The number of hydrazone groups is 1. The van der Waals surface area contributed by atoms with Crippen LogP contribution in [0.2, 0.25) is 0 Å². The van der Waals surface area contributed by atoms with Crippen molar-refractivity contribution in [1.29, 1.82) is 0 Å². The minimum Gasteiger partial charge on any atom is -0.477 e. The van der Waals surface area contributed by atoms with Gasteiger partial charge < -0.3 is 5.11 Å². The largest absolute Gasteiger partial charge is 0.477 e. The van der Waals surface area contributed by atoms with Gasteiger partial charge in [-0.3, -0.25) is 9.89 Å². The maximum Gasteiger partial charge on any atom is 0.342 e. The van der Waals surface area contributed by atoms with Gasteiger partial charge in [0.15, 0.2) is 0 Å². The number of nitrogens with one attached hydrogen (secondary N) is 1. The third-order valence-corrected chi connectivity index (χ3v) is 4.66. The van der Waals surface area contributed by atoms with Crippen molar-refractivity contribution >= 4 is 35.0 Å². The molecule has 134 valence electrons. The molecule has 9 heteroatoms. The summed E-state index contributed by atoms with van der Waals surface area (Å²) in [4.78, 5) is 28.5. The van der Waals surface area contributed by atoms with Gasteiger partial charge in [-0.15, -0.1) is 5.10 Å². The Morgan fingerprint density at radius 2 is 2.12 bits per heavy atom. The van der Waals surface area contributed by atoms with E-state index in [9.17, 15) is 14.7 Å². The molecule has 1 aliphatic heterocycles. The summed E-state index contributed by atoms with van der Waals surface area (Å²) in [5.41, 5.74) is 1.17. The van der Waals surface area contributed by atoms with Crippen molar-refractivity contribution in [2.45, 2.75) is 25.4 Å².